The van der Waals surface area contributed by atoms with Gasteiger partial charge in [-0.1, -0.05) is 13.8 Å². The molecule has 116 valence electrons. The molecule has 1 unspecified atom stereocenters. The molecule has 0 saturated carbocycles. The highest BCUT2D eigenvalue weighted by atomic mass is 16.5. The first-order valence-corrected chi connectivity index (χ1v) is 6.87. The lowest BCUT2D eigenvalue weighted by atomic mass is 10.0. The Balaban J connectivity index is 2.63. The van der Waals surface area contributed by atoms with E-state index in [1.54, 1.807) is 24.3 Å². The molecule has 0 aliphatic heterocycles. The second-order valence-corrected chi connectivity index (χ2v) is 5.12. The van der Waals surface area contributed by atoms with Crippen molar-refractivity contribution in [2.24, 2.45) is 11.7 Å². The van der Waals surface area contributed by atoms with Gasteiger partial charge in [-0.3, -0.25) is 9.59 Å². The van der Waals surface area contributed by atoms with E-state index < -0.39 is 5.91 Å². The number of hydrogen-bond donors (Lipinski definition) is 3. The van der Waals surface area contributed by atoms with Crippen molar-refractivity contribution in [3.8, 4) is 5.75 Å². The van der Waals surface area contributed by atoms with Crippen molar-refractivity contribution in [2.45, 2.75) is 26.3 Å². The van der Waals surface area contributed by atoms with Crippen molar-refractivity contribution in [1.29, 1.82) is 0 Å². The molecule has 21 heavy (non-hydrogen) atoms. The molecular formula is C15H22N2O4. The first kappa shape index (κ1) is 17.0. The van der Waals surface area contributed by atoms with E-state index in [-0.39, 0.29) is 31.1 Å². The van der Waals surface area contributed by atoms with E-state index >= 15 is 0 Å². The molecule has 0 spiro atoms. The van der Waals surface area contributed by atoms with Crippen LogP contribution < -0.4 is 15.8 Å². The second-order valence-electron chi connectivity index (χ2n) is 5.12. The number of ether oxygens (including phenoxy) is 1. The summed E-state index contributed by atoms with van der Waals surface area (Å²) in [5, 5.41) is 11.9. The number of nitrogens with one attached hydrogen (secondary N) is 1. The van der Waals surface area contributed by atoms with E-state index in [2.05, 4.69) is 5.32 Å². The van der Waals surface area contributed by atoms with Crippen LogP contribution in [0.15, 0.2) is 24.3 Å². The lowest BCUT2D eigenvalue weighted by molar-refractivity contribution is -0.119. The van der Waals surface area contributed by atoms with Crippen LogP contribution in [0.2, 0.25) is 0 Å². The van der Waals surface area contributed by atoms with Gasteiger partial charge in [0.1, 0.15) is 5.75 Å². The smallest absolute Gasteiger partial charge is 0.255 e. The van der Waals surface area contributed by atoms with Gasteiger partial charge in [-0.2, -0.15) is 0 Å². The molecule has 0 saturated heterocycles. The number of aliphatic hydroxyl groups excluding tert-OH is 1. The summed E-state index contributed by atoms with van der Waals surface area (Å²) in [4.78, 5) is 22.7. The van der Waals surface area contributed by atoms with Crippen molar-refractivity contribution in [2.75, 3.05) is 13.2 Å². The molecule has 1 atom stereocenters. The van der Waals surface area contributed by atoms with Gasteiger partial charge in [0.25, 0.3) is 11.8 Å². The van der Waals surface area contributed by atoms with Gasteiger partial charge in [0.15, 0.2) is 6.61 Å². The topological polar surface area (TPSA) is 102 Å². The number of benzene rings is 1. The summed E-state index contributed by atoms with van der Waals surface area (Å²) in [7, 11) is 0. The molecule has 1 rings (SSSR count). The predicted octanol–water partition coefficient (Wildman–Crippen LogP) is 0.688. The molecular weight excluding hydrogens is 272 g/mol. The van der Waals surface area contributed by atoms with Gasteiger partial charge in [0.05, 0.1) is 0 Å². The summed E-state index contributed by atoms with van der Waals surface area (Å²) in [6, 6.07) is 6.36. The van der Waals surface area contributed by atoms with E-state index in [1.807, 2.05) is 13.8 Å². The fourth-order valence-corrected chi connectivity index (χ4v) is 1.82. The zero-order chi connectivity index (χ0) is 15.8. The van der Waals surface area contributed by atoms with Crippen molar-refractivity contribution in [1.82, 2.24) is 5.32 Å². The Bertz CT molecular complexity index is 471. The fourth-order valence-electron chi connectivity index (χ4n) is 1.82. The van der Waals surface area contributed by atoms with Crippen LogP contribution in [0.1, 0.15) is 30.6 Å². The summed E-state index contributed by atoms with van der Waals surface area (Å²) in [6.07, 6.45) is 0.517. The zero-order valence-electron chi connectivity index (χ0n) is 12.3. The van der Waals surface area contributed by atoms with Crippen LogP contribution in [0.5, 0.6) is 5.75 Å². The van der Waals surface area contributed by atoms with Gasteiger partial charge in [-0.25, -0.2) is 0 Å². The summed E-state index contributed by atoms with van der Waals surface area (Å²) < 4.78 is 5.12. The Kier molecular flexibility index (Phi) is 6.68. The SMILES string of the molecule is CC(C)C(CCO)NC(=O)c1ccc(OCC(N)=O)cc1. The molecule has 6 heteroatoms. The van der Waals surface area contributed by atoms with E-state index in [1.165, 1.54) is 0 Å². The Morgan fingerprint density at radius 2 is 1.90 bits per heavy atom. The molecule has 0 radical (unpaired) electrons. The third-order valence-corrected chi connectivity index (χ3v) is 3.06. The monoisotopic (exact) mass is 294 g/mol. The number of nitrogens with two attached hydrogens (primary N) is 1. The maximum Gasteiger partial charge on any atom is 0.255 e. The summed E-state index contributed by atoms with van der Waals surface area (Å²) in [5.74, 6) is -0.0513. The van der Waals surface area contributed by atoms with Crippen LogP contribution in [0, 0.1) is 5.92 Å². The van der Waals surface area contributed by atoms with Crippen LogP contribution >= 0.6 is 0 Å². The normalized spacial score (nSPS) is 12.0. The van der Waals surface area contributed by atoms with E-state index in [4.69, 9.17) is 15.6 Å². The average Bonchev–Trinajstić information content (AvgIpc) is 2.45. The average molecular weight is 294 g/mol. The van der Waals surface area contributed by atoms with Crippen molar-refractivity contribution in [3.05, 3.63) is 29.8 Å². The summed E-state index contributed by atoms with van der Waals surface area (Å²) in [5.41, 5.74) is 5.47. The number of aliphatic hydroxyl groups is 1. The van der Waals surface area contributed by atoms with Crippen LogP contribution in [0.3, 0.4) is 0 Å². The highest BCUT2D eigenvalue weighted by Crippen LogP contribution is 2.13. The Morgan fingerprint density at radius 1 is 1.29 bits per heavy atom. The molecule has 2 amide bonds. The molecule has 0 aliphatic rings. The van der Waals surface area contributed by atoms with Crippen LogP contribution in [0.25, 0.3) is 0 Å². The van der Waals surface area contributed by atoms with Crippen LogP contribution in [0.4, 0.5) is 0 Å². The van der Waals surface area contributed by atoms with Crippen LogP contribution in [-0.4, -0.2) is 36.2 Å². The van der Waals surface area contributed by atoms with Crippen molar-refractivity contribution < 1.29 is 19.4 Å². The Morgan fingerprint density at radius 3 is 2.38 bits per heavy atom. The van der Waals surface area contributed by atoms with Crippen molar-refractivity contribution >= 4 is 11.8 Å². The van der Waals surface area contributed by atoms with E-state index in [0.29, 0.717) is 17.7 Å². The minimum Gasteiger partial charge on any atom is -0.484 e. The summed E-state index contributed by atoms with van der Waals surface area (Å²) in [6.45, 7) is 3.81. The van der Waals surface area contributed by atoms with E-state index in [0.717, 1.165) is 0 Å². The van der Waals surface area contributed by atoms with Gasteiger partial charge in [0.2, 0.25) is 0 Å². The minimum atomic E-state index is -0.555. The molecule has 6 nitrogen and oxygen atoms in total. The lowest BCUT2D eigenvalue weighted by Crippen LogP contribution is -2.39. The molecule has 0 aliphatic carbocycles. The lowest BCUT2D eigenvalue weighted by Gasteiger charge is -2.21. The number of amides is 2. The molecule has 1 aromatic rings. The standard InChI is InChI=1S/C15H22N2O4/c1-10(2)13(7-8-18)17-15(20)11-3-5-12(6-4-11)21-9-14(16)19/h3-6,10,13,18H,7-9H2,1-2H3,(H2,16,19)(H,17,20). The highest BCUT2D eigenvalue weighted by Gasteiger charge is 2.16. The number of primary amides is 1. The van der Waals surface area contributed by atoms with Gasteiger partial charge in [0, 0.05) is 18.2 Å². The first-order chi connectivity index (χ1) is 9.93. The molecule has 0 fully saturated rings. The molecule has 0 aromatic heterocycles. The van der Waals surface area contributed by atoms with Gasteiger partial charge < -0.3 is 20.9 Å². The Labute approximate surface area is 124 Å². The summed E-state index contributed by atoms with van der Waals surface area (Å²) >= 11 is 0. The maximum atomic E-state index is 12.1. The minimum absolute atomic E-state index is 0.0308. The van der Waals surface area contributed by atoms with Gasteiger partial charge in [-0.15, -0.1) is 0 Å². The zero-order valence-corrected chi connectivity index (χ0v) is 12.3. The van der Waals surface area contributed by atoms with Gasteiger partial charge >= 0.3 is 0 Å². The van der Waals surface area contributed by atoms with Gasteiger partial charge in [-0.05, 0) is 36.6 Å². The van der Waals surface area contributed by atoms with Crippen molar-refractivity contribution in [3.63, 3.8) is 0 Å². The van der Waals surface area contributed by atoms with Crippen LogP contribution in [-0.2, 0) is 4.79 Å². The number of carbonyl (C=O) groups excluding carboxylic acids is 2. The van der Waals surface area contributed by atoms with E-state index in [9.17, 15) is 9.59 Å². The number of rotatable bonds is 8. The maximum absolute atomic E-state index is 12.1. The molecule has 0 bridgehead atoms. The number of carbonyl (C=O) groups is 2. The Hall–Kier alpha value is -2.08. The third kappa shape index (κ3) is 5.83. The predicted molar refractivity (Wildman–Crippen MR) is 78.9 cm³/mol. The largest absolute Gasteiger partial charge is 0.484 e. The number of hydrogen-bond acceptors (Lipinski definition) is 4. The fraction of sp³-hybridized carbons (Fsp3) is 0.467. The first-order valence-electron chi connectivity index (χ1n) is 6.87. The molecule has 4 N–H and O–H groups in total. The quantitative estimate of drug-likeness (QED) is 0.656. The third-order valence-electron chi connectivity index (χ3n) is 3.06. The highest BCUT2D eigenvalue weighted by molar-refractivity contribution is 5.94. The molecule has 0 heterocycles. The second kappa shape index (κ2) is 8.26. The molecule has 1 aromatic carbocycles.